The molecule has 1 aliphatic heterocycles. The number of carbonyl (C=O) groups is 1. The van der Waals surface area contributed by atoms with E-state index in [2.05, 4.69) is 4.90 Å². The molecule has 18 heavy (non-hydrogen) atoms. The highest BCUT2D eigenvalue weighted by Gasteiger charge is 2.32. The monoisotopic (exact) mass is 306 g/mol. The maximum atomic E-state index is 11.5. The first kappa shape index (κ1) is 13.8. The molecule has 2 rings (SSSR count). The molecular formula is C12H13Cl3N2O. The standard InChI is InChI=1S/C12H13Cl3N2O/c1-7-16(2)11-3-9(14)10(15)4-12(11)17(7)6-8(18)5-13/h3-4,7H,5-6H2,1-2H3. The molecule has 0 fully saturated rings. The highest BCUT2D eigenvalue weighted by atomic mass is 35.5. The van der Waals surface area contributed by atoms with Crippen LogP contribution in [0.25, 0.3) is 0 Å². The van der Waals surface area contributed by atoms with Crippen LogP contribution in [0.4, 0.5) is 11.4 Å². The molecule has 0 spiro atoms. The van der Waals surface area contributed by atoms with E-state index in [0.717, 1.165) is 11.4 Å². The van der Waals surface area contributed by atoms with Crippen molar-refractivity contribution in [2.45, 2.75) is 13.1 Å². The fraction of sp³-hybridized carbons (Fsp3) is 0.417. The van der Waals surface area contributed by atoms with E-state index in [0.29, 0.717) is 10.0 Å². The van der Waals surface area contributed by atoms with Crippen LogP contribution in [0.3, 0.4) is 0 Å². The molecule has 0 aromatic heterocycles. The van der Waals surface area contributed by atoms with Crippen LogP contribution in [0.2, 0.25) is 10.0 Å². The minimum Gasteiger partial charge on any atom is -0.353 e. The average molecular weight is 308 g/mol. The second-order valence-corrected chi connectivity index (χ2v) is 5.38. The molecule has 0 saturated carbocycles. The van der Waals surface area contributed by atoms with Crippen LogP contribution in [-0.2, 0) is 4.79 Å². The smallest absolute Gasteiger partial charge is 0.166 e. The minimum absolute atomic E-state index is 0.0174. The third-order valence-electron chi connectivity index (χ3n) is 3.21. The molecule has 0 saturated heterocycles. The maximum Gasteiger partial charge on any atom is 0.166 e. The van der Waals surface area contributed by atoms with E-state index in [1.165, 1.54) is 0 Å². The molecular weight excluding hydrogens is 295 g/mol. The second-order valence-electron chi connectivity index (χ2n) is 4.30. The van der Waals surface area contributed by atoms with E-state index >= 15 is 0 Å². The van der Waals surface area contributed by atoms with Crippen LogP contribution >= 0.6 is 34.8 Å². The number of benzene rings is 1. The number of nitrogens with zero attached hydrogens (tertiary/aromatic N) is 2. The molecule has 0 amide bonds. The van der Waals surface area contributed by atoms with Gasteiger partial charge in [0, 0.05) is 7.05 Å². The van der Waals surface area contributed by atoms with Crippen molar-refractivity contribution in [1.29, 1.82) is 0 Å². The van der Waals surface area contributed by atoms with E-state index < -0.39 is 0 Å². The van der Waals surface area contributed by atoms with Gasteiger partial charge in [-0.3, -0.25) is 4.79 Å². The highest BCUT2D eigenvalue weighted by Crippen LogP contribution is 2.42. The first-order valence-electron chi connectivity index (χ1n) is 5.52. The van der Waals surface area contributed by atoms with Crippen molar-refractivity contribution in [1.82, 2.24) is 0 Å². The van der Waals surface area contributed by atoms with Gasteiger partial charge in [0.15, 0.2) is 5.78 Å². The van der Waals surface area contributed by atoms with E-state index in [1.54, 1.807) is 6.07 Å². The number of anilines is 2. The lowest BCUT2D eigenvalue weighted by molar-refractivity contribution is -0.115. The molecule has 1 heterocycles. The van der Waals surface area contributed by atoms with Crippen molar-refractivity contribution in [3.63, 3.8) is 0 Å². The Labute approximate surface area is 121 Å². The van der Waals surface area contributed by atoms with E-state index in [-0.39, 0.29) is 24.4 Å². The lowest BCUT2D eigenvalue weighted by atomic mass is 10.2. The number of halogens is 3. The molecule has 0 aliphatic carbocycles. The normalized spacial score (nSPS) is 18.2. The summed E-state index contributed by atoms with van der Waals surface area (Å²) in [5, 5.41) is 1.00. The number of rotatable bonds is 3. The van der Waals surface area contributed by atoms with Crippen LogP contribution in [0, 0.1) is 0 Å². The summed E-state index contributed by atoms with van der Waals surface area (Å²) >= 11 is 17.6. The highest BCUT2D eigenvalue weighted by molar-refractivity contribution is 6.42. The second kappa shape index (κ2) is 5.16. The Morgan fingerprint density at radius 2 is 1.83 bits per heavy atom. The summed E-state index contributed by atoms with van der Waals surface area (Å²) in [6, 6.07) is 3.61. The Kier molecular flexibility index (Phi) is 3.95. The van der Waals surface area contributed by atoms with Gasteiger partial charge in [0.1, 0.15) is 0 Å². The number of ketones is 1. The SMILES string of the molecule is CC1N(C)c2cc(Cl)c(Cl)cc2N1CC(=O)CCl. The van der Waals surface area contributed by atoms with Gasteiger partial charge in [-0.15, -0.1) is 11.6 Å². The topological polar surface area (TPSA) is 23.6 Å². The Hall–Kier alpha value is -0.640. The van der Waals surface area contributed by atoms with Gasteiger partial charge in [-0.05, 0) is 19.1 Å². The average Bonchev–Trinajstić information content (AvgIpc) is 2.56. The first-order chi connectivity index (χ1) is 8.45. The minimum atomic E-state index is -0.0177. The molecule has 1 unspecified atom stereocenters. The van der Waals surface area contributed by atoms with Gasteiger partial charge in [0.05, 0.1) is 40.0 Å². The summed E-state index contributed by atoms with van der Waals surface area (Å²) < 4.78 is 0. The fourth-order valence-corrected chi connectivity index (χ4v) is 2.50. The largest absolute Gasteiger partial charge is 0.353 e. The van der Waals surface area contributed by atoms with Crippen molar-refractivity contribution >= 4 is 52.0 Å². The quantitative estimate of drug-likeness (QED) is 0.800. The predicted octanol–water partition coefficient (Wildman–Crippen LogP) is 3.40. The molecule has 3 nitrogen and oxygen atoms in total. The summed E-state index contributed by atoms with van der Waals surface area (Å²) in [7, 11) is 1.96. The Balaban J connectivity index is 2.41. The number of hydrogen-bond donors (Lipinski definition) is 0. The van der Waals surface area contributed by atoms with Gasteiger partial charge >= 0.3 is 0 Å². The Morgan fingerprint density at radius 3 is 2.39 bits per heavy atom. The van der Waals surface area contributed by atoms with Crippen LogP contribution < -0.4 is 9.80 Å². The zero-order valence-electron chi connectivity index (χ0n) is 10.1. The fourth-order valence-electron chi connectivity index (χ4n) is 2.10. The lowest BCUT2D eigenvalue weighted by Gasteiger charge is -2.26. The molecule has 1 atom stereocenters. The summed E-state index contributed by atoms with van der Waals surface area (Å²) in [4.78, 5) is 15.6. The molecule has 0 radical (unpaired) electrons. The Bertz CT molecular complexity index is 492. The zero-order valence-corrected chi connectivity index (χ0v) is 12.4. The van der Waals surface area contributed by atoms with Crippen LogP contribution in [0.15, 0.2) is 12.1 Å². The van der Waals surface area contributed by atoms with Gasteiger partial charge in [0.2, 0.25) is 0 Å². The van der Waals surface area contributed by atoms with E-state index in [1.807, 2.05) is 24.9 Å². The lowest BCUT2D eigenvalue weighted by Crippen LogP contribution is -2.41. The number of hydrogen-bond acceptors (Lipinski definition) is 3. The molecule has 1 aliphatic rings. The predicted molar refractivity (Wildman–Crippen MR) is 77.4 cm³/mol. The van der Waals surface area contributed by atoms with Crippen molar-refractivity contribution in [3.05, 3.63) is 22.2 Å². The molecule has 0 N–H and O–H groups in total. The third-order valence-corrected chi connectivity index (χ3v) is 4.23. The molecule has 98 valence electrons. The maximum absolute atomic E-state index is 11.5. The number of Topliss-reactive ketones (excluding diaryl/α,β-unsaturated/α-hetero) is 1. The number of fused-ring (bicyclic) bond motifs is 1. The van der Waals surface area contributed by atoms with Gasteiger partial charge in [0.25, 0.3) is 0 Å². The van der Waals surface area contributed by atoms with Crippen molar-refractivity contribution in [2.75, 3.05) is 29.3 Å². The first-order valence-corrected chi connectivity index (χ1v) is 6.81. The van der Waals surface area contributed by atoms with Crippen LogP contribution in [-0.4, -0.2) is 31.4 Å². The molecule has 1 aromatic rings. The molecule has 0 bridgehead atoms. The summed E-state index contributed by atoms with van der Waals surface area (Å²) in [6.07, 6.45) is 0.0710. The van der Waals surface area contributed by atoms with Crippen molar-refractivity contribution in [2.24, 2.45) is 0 Å². The van der Waals surface area contributed by atoms with Crippen molar-refractivity contribution in [3.8, 4) is 0 Å². The van der Waals surface area contributed by atoms with Gasteiger partial charge in [-0.2, -0.15) is 0 Å². The summed E-state index contributed by atoms with van der Waals surface area (Å²) in [5.41, 5.74) is 1.89. The van der Waals surface area contributed by atoms with Crippen LogP contribution in [0.1, 0.15) is 6.92 Å². The summed E-state index contributed by atoms with van der Waals surface area (Å²) in [5.74, 6) is -0.000292. The third kappa shape index (κ3) is 2.27. The zero-order chi connectivity index (χ0) is 13.4. The number of alkyl halides is 1. The van der Waals surface area contributed by atoms with Crippen LogP contribution in [0.5, 0.6) is 0 Å². The van der Waals surface area contributed by atoms with E-state index in [9.17, 15) is 4.79 Å². The molecule has 1 aromatic carbocycles. The van der Waals surface area contributed by atoms with Crippen molar-refractivity contribution < 1.29 is 4.79 Å². The van der Waals surface area contributed by atoms with E-state index in [4.69, 9.17) is 34.8 Å². The summed E-state index contributed by atoms with van der Waals surface area (Å²) in [6.45, 7) is 2.29. The van der Waals surface area contributed by atoms with Gasteiger partial charge in [-0.25, -0.2) is 0 Å². The Morgan fingerprint density at radius 1 is 1.28 bits per heavy atom. The number of carbonyl (C=O) groups excluding carboxylic acids is 1. The van der Waals surface area contributed by atoms with Gasteiger partial charge < -0.3 is 9.80 Å². The molecule has 6 heteroatoms. The van der Waals surface area contributed by atoms with Gasteiger partial charge in [-0.1, -0.05) is 23.2 Å².